The molecule has 0 saturated carbocycles. The summed E-state index contributed by atoms with van der Waals surface area (Å²) in [6, 6.07) is 17.4. The smallest absolute Gasteiger partial charge is 0.161 e. The number of phenolic OH excluding ortho intramolecular Hbond substituents is 1. The molecule has 3 aromatic rings. The van der Waals surface area contributed by atoms with Crippen molar-refractivity contribution in [1.82, 2.24) is 4.98 Å². The third-order valence-corrected chi connectivity index (χ3v) is 5.39. The number of para-hydroxylation sites is 1. The summed E-state index contributed by atoms with van der Waals surface area (Å²) in [7, 11) is 1.53. The van der Waals surface area contributed by atoms with E-state index >= 15 is 0 Å². The molecule has 1 aliphatic heterocycles. The van der Waals surface area contributed by atoms with Crippen LogP contribution >= 0.6 is 0 Å². The van der Waals surface area contributed by atoms with Crippen LogP contribution in [0.3, 0.4) is 0 Å². The van der Waals surface area contributed by atoms with E-state index < -0.39 is 0 Å². The highest BCUT2D eigenvalue weighted by Crippen LogP contribution is 2.37. The summed E-state index contributed by atoms with van der Waals surface area (Å²) < 4.78 is 11.2. The van der Waals surface area contributed by atoms with Crippen LogP contribution in [-0.4, -0.2) is 42.9 Å². The molecule has 1 aromatic heterocycles. The Morgan fingerprint density at radius 1 is 1.16 bits per heavy atom. The third kappa shape index (κ3) is 4.49. The second-order valence-corrected chi connectivity index (χ2v) is 7.58. The first-order chi connectivity index (χ1) is 15.1. The number of aromatic nitrogens is 1. The number of anilines is 1. The highest BCUT2D eigenvalue weighted by molar-refractivity contribution is 5.78. The minimum absolute atomic E-state index is 0.0938. The number of pyridine rings is 1. The number of nitrogens with zero attached hydrogens (tertiary/aromatic N) is 2. The Bertz CT molecular complexity index is 1080. The quantitative estimate of drug-likeness (QED) is 0.560. The van der Waals surface area contributed by atoms with Gasteiger partial charge in [0.15, 0.2) is 11.5 Å². The van der Waals surface area contributed by atoms with Crippen molar-refractivity contribution in [2.45, 2.75) is 12.5 Å². The molecule has 1 saturated heterocycles. The van der Waals surface area contributed by atoms with Crippen LogP contribution in [0.25, 0.3) is 22.4 Å². The van der Waals surface area contributed by atoms with Crippen molar-refractivity contribution in [3.05, 3.63) is 67.3 Å². The fraction of sp³-hybridized carbons (Fsp3) is 0.240. The molecular weight excluding hydrogens is 390 g/mol. The number of rotatable bonds is 7. The van der Waals surface area contributed by atoms with Gasteiger partial charge in [0.2, 0.25) is 0 Å². The molecule has 0 aliphatic carbocycles. The van der Waals surface area contributed by atoms with Gasteiger partial charge in [-0.3, -0.25) is 0 Å². The van der Waals surface area contributed by atoms with Crippen LogP contribution in [0, 0.1) is 0 Å². The molecule has 1 fully saturated rings. The summed E-state index contributed by atoms with van der Waals surface area (Å²) in [5.74, 6) is 2.15. The minimum Gasteiger partial charge on any atom is -0.504 e. The first-order valence-electron chi connectivity index (χ1n) is 10.3. The number of ether oxygens (including phenoxy) is 2. The molecule has 2 heterocycles. The lowest BCUT2D eigenvalue weighted by Crippen LogP contribution is -2.27. The zero-order chi connectivity index (χ0) is 21.8. The summed E-state index contributed by atoms with van der Waals surface area (Å²) in [5.41, 5.74) is 9.75. The van der Waals surface area contributed by atoms with E-state index in [-0.39, 0.29) is 11.8 Å². The molecule has 1 aliphatic rings. The molecule has 1 unspecified atom stereocenters. The summed E-state index contributed by atoms with van der Waals surface area (Å²) in [5, 5.41) is 10.00. The third-order valence-electron chi connectivity index (χ3n) is 5.39. The Hall–Kier alpha value is -3.51. The van der Waals surface area contributed by atoms with Gasteiger partial charge in [-0.15, -0.1) is 0 Å². The predicted octanol–water partition coefficient (Wildman–Crippen LogP) is 4.23. The van der Waals surface area contributed by atoms with E-state index in [1.165, 1.54) is 7.11 Å². The Morgan fingerprint density at radius 3 is 2.74 bits per heavy atom. The van der Waals surface area contributed by atoms with Gasteiger partial charge in [-0.1, -0.05) is 30.9 Å². The van der Waals surface area contributed by atoms with E-state index in [4.69, 9.17) is 20.2 Å². The van der Waals surface area contributed by atoms with E-state index in [1.807, 2.05) is 36.4 Å². The van der Waals surface area contributed by atoms with Crippen molar-refractivity contribution >= 4 is 5.82 Å². The van der Waals surface area contributed by atoms with Crippen molar-refractivity contribution in [3.63, 3.8) is 0 Å². The predicted molar refractivity (Wildman–Crippen MR) is 124 cm³/mol. The van der Waals surface area contributed by atoms with Crippen LogP contribution in [0.15, 0.2) is 67.3 Å². The topological polar surface area (TPSA) is 80.8 Å². The summed E-state index contributed by atoms with van der Waals surface area (Å²) in [4.78, 5) is 7.13. The second-order valence-electron chi connectivity index (χ2n) is 7.58. The number of phenols is 1. The average molecular weight is 418 g/mol. The van der Waals surface area contributed by atoms with Crippen molar-refractivity contribution in [3.8, 4) is 39.6 Å². The SMILES string of the molecule is C=CCOc1ccccc1-c1cc(-c2ccc(O)c(OC)c2)nc(N2CCC(N)C2)c1. The Balaban J connectivity index is 1.84. The van der Waals surface area contributed by atoms with Crippen LogP contribution in [-0.2, 0) is 0 Å². The molecule has 0 amide bonds. The van der Waals surface area contributed by atoms with Crippen LogP contribution in [0.5, 0.6) is 17.2 Å². The highest BCUT2D eigenvalue weighted by atomic mass is 16.5. The van der Waals surface area contributed by atoms with Crippen LogP contribution < -0.4 is 20.1 Å². The van der Waals surface area contributed by atoms with Crippen LogP contribution in [0.1, 0.15) is 6.42 Å². The van der Waals surface area contributed by atoms with Crippen LogP contribution in [0.4, 0.5) is 5.82 Å². The van der Waals surface area contributed by atoms with E-state index in [9.17, 15) is 5.11 Å². The summed E-state index contributed by atoms with van der Waals surface area (Å²) in [6.07, 6.45) is 2.67. The fourth-order valence-corrected chi connectivity index (χ4v) is 3.79. The molecule has 160 valence electrons. The Labute approximate surface area is 182 Å². The number of aromatic hydroxyl groups is 1. The van der Waals surface area contributed by atoms with E-state index in [0.717, 1.165) is 53.5 Å². The molecule has 6 heteroatoms. The van der Waals surface area contributed by atoms with Gasteiger partial charge in [0.05, 0.1) is 12.8 Å². The van der Waals surface area contributed by atoms with Crippen molar-refractivity contribution < 1.29 is 14.6 Å². The van der Waals surface area contributed by atoms with Gasteiger partial charge >= 0.3 is 0 Å². The first-order valence-corrected chi connectivity index (χ1v) is 10.3. The monoisotopic (exact) mass is 417 g/mol. The highest BCUT2D eigenvalue weighted by Gasteiger charge is 2.22. The second kappa shape index (κ2) is 9.10. The van der Waals surface area contributed by atoms with E-state index in [2.05, 4.69) is 17.5 Å². The maximum absolute atomic E-state index is 10.00. The van der Waals surface area contributed by atoms with Gasteiger partial charge in [0.1, 0.15) is 18.2 Å². The maximum Gasteiger partial charge on any atom is 0.161 e. The normalized spacial score (nSPS) is 15.7. The summed E-state index contributed by atoms with van der Waals surface area (Å²) >= 11 is 0. The van der Waals surface area contributed by atoms with Crippen molar-refractivity contribution in [1.29, 1.82) is 0 Å². The Morgan fingerprint density at radius 2 is 2.00 bits per heavy atom. The Kier molecular flexibility index (Phi) is 6.09. The first kappa shape index (κ1) is 20.8. The fourth-order valence-electron chi connectivity index (χ4n) is 3.79. The molecule has 2 aromatic carbocycles. The molecular formula is C25H27N3O3. The maximum atomic E-state index is 10.00. The van der Waals surface area contributed by atoms with Gasteiger partial charge in [-0.25, -0.2) is 4.98 Å². The van der Waals surface area contributed by atoms with Gasteiger partial charge < -0.3 is 25.2 Å². The lowest BCUT2D eigenvalue weighted by Gasteiger charge is -2.20. The van der Waals surface area contributed by atoms with Gasteiger partial charge in [0, 0.05) is 30.3 Å². The zero-order valence-corrected chi connectivity index (χ0v) is 17.6. The molecule has 0 bridgehead atoms. The lowest BCUT2D eigenvalue weighted by molar-refractivity contribution is 0.365. The molecule has 6 nitrogen and oxygen atoms in total. The number of hydrogen-bond acceptors (Lipinski definition) is 6. The number of hydrogen-bond donors (Lipinski definition) is 2. The molecule has 0 radical (unpaired) electrons. The van der Waals surface area contributed by atoms with Gasteiger partial charge in [-0.2, -0.15) is 0 Å². The van der Waals surface area contributed by atoms with Crippen molar-refractivity contribution in [2.75, 3.05) is 31.7 Å². The standard InChI is InChI=1S/C25H27N3O3/c1-3-12-31-23-7-5-4-6-20(23)18-13-21(17-8-9-22(29)24(14-17)30-2)27-25(15-18)28-11-10-19(26)16-28/h3-9,13-15,19,29H,1,10-12,16,26H2,2H3. The largest absolute Gasteiger partial charge is 0.504 e. The molecule has 0 spiro atoms. The van der Waals surface area contributed by atoms with E-state index in [0.29, 0.717) is 12.4 Å². The summed E-state index contributed by atoms with van der Waals surface area (Å²) in [6.45, 7) is 5.80. The van der Waals surface area contributed by atoms with Gasteiger partial charge in [0.25, 0.3) is 0 Å². The number of nitrogens with two attached hydrogens (primary N) is 1. The van der Waals surface area contributed by atoms with E-state index in [1.54, 1.807) is 18.2 Å². The zero-order valence-electron chi connectivity index (χ0n) is 17.6. The molecule has 4 rings (SSSR count). The molecule has 3 N–H and O–H groups in total. The lowest BCUT2D eigenvalue weighted by atomic mass is 10.0. The number of methoxy groups -OCH3 is 1. The van der Waals surface area contributed by atoms with Gasteiger partial charge in [-0.05, 0) is 48.4 Å². The van der Waals surface area contributed by atoms with Crippen LogP contribution in [0.2, 0.25) is 0 Å². The number of benzene rings is 2. The molecule has 31 heavy (non-hydrogen) atoms. The molecule has 1 atom stereocenters. The van der Waals surface area contributed by atoms with Crippen molar-refractivity contribution in [2.24, 2.45) is 5.73 Å². The minimum atomic E-state index is 0.0938. The average Bonchev–Trinajstić information content (AvgIpc) is 3.24.